The lowest BCUT2D eigenvalue weighted by molar-refractivity contribution is -0.133. The fraction of sp³-hybridized carbons (Fsp3) is 0.667. The highest BCUT2D eigenvalue weighted by atomic mass is 16.2. The summed E-state index contributed by atoms with van der Waals surface area (Å²) in [4.78, 5) is 16.5. The van der Waals surface area contributed by atoms with E-state index in [0.29, 0.717) is 6.54 Å². The van der Waals surface area contributed by atoms with Gasteiger partial charge in [-0.3, -0.25) is 4.79 Å². The first-order valence-electron chi connectivity index (χ1n) is 6.86. The summed E-state index contributed by atoms with van der Waals surface area (Å²) in [6.07, 6.45) is 4.19. The summed E-state index contributed by atoms with van der Waals surface area (Å²) in [5, 5.41) is 3.22. The molecule has 0 bridgehead atoms. The quantitative estimate of drug-likeness (QED) is 0.726. The molecule has 2 heterocycles. The van der Waals surface area contributed by atoms with E-state index in [-0.39, 0.29) is 17.0 Å². The predicted molar refractivity (Wildman–Crippen MR) is 77.2 cm³/mol. The van der Waals surface area contributed by atoms with Crippen molar-refractivity contribution in [2.75, 3.05) is 13.1 Å². The Bertz CT molecular complexity index is 449. The highest BCUT2D eigenvalue weighted by Gasteiger charge is 2.37. The van der Waals surface area contributed by atoms with Gasteiger partial charge in [0.05, 0.1) is 24.5 Å². The van der Waals surface area contributed by atoms with Crippen LogP contribution in [0.3, 0.4) is 0 Å². The minimum absolute atomic E-state index is 0.0546. The summed E-state index contributed by atoms with van der Waals surface area (Å²) in [7, 11) is 0. The van der Waals surface area contributed by atoms with Crippen molar-refractivity contribution in [1.82, 2.24) is 15.1 Å². The van der Waals surface area contributed by atoms with Crippen molar-refractivity contribution in [3.63, 3.8) is 0 Å². The van der Waals surface area contributed by atoms with Crippen molar-refractivity contribution >= 4 is 5.91 Å². The van der Waals surface area contributed by atoms with Crippen LogP contribution in [-0.2, 0) is 4.79 Å². The summed E-state index contributed by atoms with van der Waals surface area (Å²) >= 11 is 0. The maximum Gasteiger partial charge on any atom is 0.246 e. The molecule has 0 saturated heterocycles. The third-order valence-corrected chi connectivity index (χ3v) is 3.53. The molecule has 106 valence electrons. The molecule has 4 heteroatoms. The van der Waals surface area contributed by atoms with Crippen LogP contribution in [0.5, 0.6) is 0 Å². The van der Waals surface area contributed by atoms with E-state index in [0.717, 1.165) is 17.9 Å². The number of rotatable bonds is 0. The lowest BCUT2D eigenvalue weighted by atomic mass is 9.98. The number of carbonyl (C=O) groups is 1. The summed E-state index contributed by atoms with van der Waals surface area (Å²) in [6.45, 7) is 14.0. The Morgan fingerprint density at radius 1 is 1.11 bits per heavy atom. The molecule has 1 amide bonds. The Hall–Kier alpha value is -1.45. The van der Waals surface area contributed by atoms with E-state index in [2.05, 4.69) is 64.0 Å². The van der Waals surface area contributed by atoms with Crippen LogP contribution >= 0.6 is 0 Å². The maximum atomic E-state index is 12.2. The molecule has 0 atom stereocenters. The maximum absolute atomic E-state index is 12.2. The Morgan fingerprint density at radius 3 is 2.26 bits per heavy atom. The van der Waals surface area contributed by atoms with Crippen molar-refractivity contribution in [3.8, 4) is 0 Å². The van der Waals surface area contributed by atoms with Crippen LogP contribution < -0.4 is 5.32 Å². The van der Waals surface area contributed by atoms with Gasteiger partial charge in [-0.25, -0.2) is 0 Å². The van der Waals surface area contributed by atoms with Gasteiger partial charge in [0.25, 0.3) is 0 Å². The molecule has 2 rings (SSSR count). The van der Waals surface area contributed by atoms with Crippen LogP contribution in [0.1, 0.15) is 41.5 Å². The second-order valence-electron chi connectivity index (χ2n) is 7.23. The van der Waals surface area contributed by atoms with Crippen LogP contribution in [0, 0.1) is 0 Å². The number of amides is 1. The summed E-state index contributed by atoms with van der Waals surface area (Å²) in [5.41, 5.74) is 2.03. The largest absolute Gasteiger partial charge is 0.375 e. The first-order chi connectivity index (χ1) is 8.60. The van der Waals surface area contributed by atoms with Gasteiger partial charge in [0.2, 0.25) is 5.91 Å². The highest BCUT2D eigenvalue weighted by molar-refractivity contribution is 5.83. The number of nitrogens with one attached hydrogen (secondary N) is 1. The minimum atomic E-state index is -0.186. The Morgan fingerprint density at radius 2 is 1.74 bits per heavy atom. The van der Waals surface area contributed by atoms with Crippen molar-refractivity contribution in [2.24, 2.45) is 0 Å². The van der Waals surface area contributed by atoms with Gasteiger partial charge in [-0.1, -0.05) is 0 Å². The molecule has 0 radical (unpaired) electrons. The number of carbonyl (C=O) groups excluding carboxylic acids is 1. The number of nitrogens with zero attached hydrogens (tertiary/aromatic N) is 2. The van der Waals surface area contributed by atoms with Gasteiger partial charge < -0.3 is 15.1 Å². The summed E-state index contributed by atoms with van der Waals surface area (Å²) in [5.74, 6) is 0.149. The smallest absolute Gasteiger partial charge is 0.246 e. The van der Waals surface area contributed by atoms with E-state index in [1.54, 1.807) is 0 Å². The van der Waals surface area contributed by atoms with E-state index in [4.69, 9.17) is 0 Å². The number of allylic oxidation sites excluding steroid dienone is 1. The lowest BCUT2D eigenvalue weighted by Crippen LogP contribution is -2.56. The molecule has 0 aromatic carbocycles. The van der Waals surface area contributed by atoms with E-state index in [9.17, 15) is 4.79 Å². The average molecular weight is 263 g/mol. The zero-order valence-electron chi connectivity index (χ0n) is 12.9. The number of hydrogen-bond donors (Lipinski definition) is 1. The topological polar surface area (TPSA) is 35.6 Å². The first kappa shape index (κ1) is 14.0. The van der Waals surface area contributed by atoms with Crippen LogP contribution in [-0.4, -0.2) is 39.9 Å². The van der Waals surface area contributed by atoms with Crippen molar-refractivity contribution < 1.29 is 4.79 Å². The molecular weight excluding hydrogens is 238 g/mol. The lowest BCUT2D eigenvalue weighted by Gasteiger charge is -2.46. The predicted octanol–water partition coefficient (Wildman–Crippen LogP) is 2.06. The van der Waals surface area contributed by atoms with Gasteiger partial charge in [0.15, 0.2) is 0 Å². The molecule has 2 aliphatic rings. The Balaban J connectivity index is 2.37. The van der Waals surface area contributed by atoms with Crippen molar-refractivity contribution in [2.45, 2.75) is 52.6 Å². The first-order valence-corrected chi connectivity index (χ1v) is 6.86. The minimum Gasteiger partial charge on any atom is -0.375 e. The molecule has 1 N–H and O–H groups in total. The molecule has 0 fully saturated rings. The average Bonchev–Trinajstić information content (AvgIpc) is 2.24. The van der Waals surface area contributed by atoms with Gasteiger partial charge in [-0.05, 0) is 47.6 Å². The zero-order chi connectivity index (χ0) is 14.4. The van der Waals surface area contributed by atoms with Crippen LogP contribution in [0.15, 0.2) is 23.7 Å². The Kier molecular flexibility index (Phi) is 3.15. The van der Waals surface area contributed by atoms with Gasteiger partial charge in [0.1, 0.15) is 0 Å². The molecule has 0 unspecified atom stereocenters. The summed E-state index contributed by atoms with van der Waals surface area (Å²) < 4.78 is 0. The normalized spacial score (nSPS) is 20.6. The van der Waals surface area contributed by atoms with Crippen LogP contribution in [0.4, 0.5) is 0 Å². The van der Waals surface area contributed by atoms with E-state index in [1.165, 1.54) is 0 Å². The molecular formula is C15H25N3O. The molecule has 0 spiro atoms. The monoisotopic (exact) mass is 263 g/mol. The van der Waals surface area contributed by atoms with Gasteiger partial charge in [0, 0.05) is 17.3 Å². The molecule has 2 aliphatic heterocycles. The third kappa shape index (κ3) is 2.62. The molecule has 0 saturated carbocycles. The fourth-order valence-electron chi connectivity index (χ4n) is 2.55. The van der Waals surface area contributed by atoms with Crippen molar-refractivity contribution in [3.05, 3.63) is 23.7 Å². The second-order valence-corrected chi connectivity index (χ2v) is 7.23. The SMILES string of the molecule is CC(C)(C)N1C=CC2=C(C1)N(C(C)(C)C)C(=O)CN2. The molecule has 19 heavy (non-hydrogen) atoms. The highest BCUT2D eigenvalue weighted by Crippen LogP contribution is 2.30. The van der Waals surface area contributed by atoms with Gasteiger partial charge in [-0.15, -0.1) is 0 Å². The molecule has 4 nitrogen and oxygen atoms in total. The third-order valence-electron chi connectivity index (χ3n) is 3.53. The molecule has 0 aromatic rings. The molecule has 0 aliphatic carbocycles. The Labute approximate surface area is 116 Å². The standard InChI is InChI=1S/C15H25N3O/c1-14(2,3)17-8-7-11-12(10-17)18(15(4,5)6)13(19)9-16-11/h7-8,16H,9-10H2,1-6H3. The van der Waals surface area contributed by atoms with E-state index in [1.807, 2.05) is 4.90 Å². The van der Waals surface area contributed by atoms with E-state index >= 15 is 0 Å². The second kappa shape index (κ2) is 4.29. The summed E-state index contributed by atoms with van der Waals surface area (Å²) in [6, 6.07) is 0. The van der Waals surface area contributed by atoms with Crippen LogP contribution in [0.2, 0.25) is 0 Å². The van der Waals surface area contributed by atoms with Gasteiger partial charge >= 0.3 is 0 Å². The van der Waals surface area contributed by atoms with Gasteiger partial charge in [-0.2, -0.15) is 0 Å². The zero-order valence-corrected chi connectivity index (χ0v) is 12.9. The molecule has 0 aromatic heterocycles. The van der Waals surface area contributed by atoms with E-state index < -0.39 is 0 Å². The van der Waals surface area contributed by atoms with Crippen molar-refractivity contribution in [1.29, 1.82) is 0 Å². The fourth-order valence-corrected chi connectivity index (χ4v) is 2.55. The number of hydrogen-bond acceptors (Lipinski definition) is 3. The van der Waals surface area contributed by atoms with Crippen LogP contribution in [0.25, 0.3) is 0 Å².